The molecule has 4 fully saturated rings. The molecular formula is C106H164Li2N12O24. The maximum Gasteiger partial charge on any atom is 1.00 e. The normalized spacial score (nSPS) is 22.2. The molecule has 0 bridgehead atoms. The topological polar surface area (TPSA) is 548 Å². The molecule has 18 N–H and O–H groups in total. The maximum atomic E-state index is 11.8. The third-order valence-corrected chi connectivity index (χ3v) is 25.5. The van der Waals surface area contributed by atoms with E-state index in [2.05, 4.69) is 58.0 Å². The molecule has 9 unspecified atom stereocenters. The first kappa shape index (κ1) is 135. The molecule has 794 valence electrons. The van der Waals surface area contributed by atoms with Crippen molar-refractivity contribution in [2.75, 3.05) is 13.2 Å². The first-order valence-electron chi connectivity index (χ1n) is 49.2. The smallest absolute Gasteiger partial charge is 0.870 e. The van der Waals surface area contributed by atoms with Gasteiger partial charge < -0.3 is 104 Å². The van der Waals surface area contributed by atoms with Crippen molar-refractivity contribution in [3.63, 3.8) is 0 Å². The van der Waals surface area contributed by atoms with Crippen LogP contribution >= 0.6 is 0 Å². The zero-order valence-corrected chi connectivity index (χ0v) is 88.1. The number of rotatable bonds is 52. The van der Waals surface area contributed by atoms with Crippen LogP contribution in [0.2, 0.25) is 0 Å². The molecule has 0 aliphatic carbocycles. The number of esters is 2. The van der Waals surface area contributed by atoms with E-state index in [1.54, 1.807) is 41.5 Å². The summed E-state index contributed by atoms with van der Waals surface area (Å²) >= 11 is 0. The van der Waals surface area contributed by atoms with Gasteiger partial charge in [0.2, 0.25) is 0 Å². The van der Waals surface area contributed by atoms with Gasteiger partial charge in [-0.15, -0.1) is 0 Å². The number of aliphatic hydroxyl groups is 3. The summed E-state index contributed by atoms with van der Waals surface area (Å²) < 4.78 is 33.1. The van der Waals surface area contributed by atoms with E-state index >= 15 is 0 Å². The number of benzene rings is 5. The van der Waals surface area contributed by atoms with Gasteiger partial charge in [-0.25, -0.2) is 11.9 Å². The Morgan fingerprint density at radius 1 is 0.417 bits per heavy atom. The van der Waals surface area contributed by atoms with Crippen LogP contribution in [0.5, 0.6) is 0 Å². The van der Waals surface area contributed by atoms with Crippen molar-refractivity contribution in [1.82, 2.24) is 53.2 Å². The zero-order valence-electron chi connectivity index (χ0n) is 88.1. The summed E-state index contributed by atoms with van der Waals surface area (Å²) in [5, 5.41) is 88.3. The first-order valence-corrected chi connectivity index (χ1v) is 49.2. The molecule has 0 amide bonds. The summed E-state index contributed by atoms with van der Waals surface area (Å²) in [6.45, 7) is 43.4. The van der Waals surface area contributed by atoms with Gasteiger partial charge in [-0.05, 0) is 182 Å². The van der Waals surface area contributed by atoms with Gasteiger partial charge in [-0.3, -0.25) is 71.9 Å². The van der Waals surface area contributed by atoms with Crippen LogP contribution in [0.1, 0.15) is 198 Å². The first-order chi connectivity index (χ1) is 66.9. The average Bonchev–Trinajstić information content (AvgIpc) is 1.70. The minimum atomic E-state index is -1.28. The Morgan fingerprint density at radius 2 is 0.701 bits per heavy atom. The fourth-order valence-electron chi connectivity index (χ4n) is 15.4. The van der Waals surface area contributed by atoms with Crippen molar-refractivity contribution < 1.29 is 155 Å². The molecule has 38 heteroatoms. The van der Waals surface area contributed by atoms with Gasteiger partial charge in [-0.1, -0.05) is 200 Å². The number of carboxylic acid groups (broad SMARTS) is 3. The Bertz CT molecular complexity index is 4190. The Labute approximate surface area is 876 Å². The van der Waals surface area contributed by atoms with Crippen molar-refractivity contribution in [3.05, 3.63) is 191 Å². The molecule has 4 saturated heterocycles. The standard InChI is InChI=1S/C22H33N3O3.2C17H26N2O4.2C17H24N2O3.C10H18O3.C6H13NO3.2Li.H2O/c1-16(17(2)28-21-12-8-9-13-27-21)22(23-4)25-18(3)24-20(15-26)14-19-10-6-5-7-11-19;2*1-11(12(2)21)16(17(22)23)19-13(3)18-15(10-20)9-14-7-5-4-6-8-14;2*1-11-12(2)22-17(21)16(11)19-13(3)18-15(10-20)9-14-7-5-4-6-8-14;1-8(7-11)9(2)13-10-5-3-4-6-12-10;1-3(4(2)8)5(7)6(9)10;;;/h5-7,10-11,15-18,20-22,24-25H,8-9,12-14H2,1-3H3;2*4-8,10-13,15-16,18-19,21H,9H2,1-3H3,(H,22,23);2*4-8,10-13,15-16,18-19H,9H2,1-3H3;7-10H,3-6H2,1-2H3;3-5,8H,7H2,1-2H3,(H,9,10);;;1H2/q;;;;;;;2*+1;/p-2/t16-,17-,18?,20+,21?,22?;2*11-,12-,13?,15+,16+;11-,12-,13?,15+,16?;11-,12-,13?,15+,16+;8-,9+,10?;3-,4-,5-;;;/m0000010.../s1. The Kier molecular flexibility index (Phi) is 70.7. The summed E-state index contributed by atoms with van der Waals surface area (Å²) in [5.74, 6) is -5.06. The number of cyclic esters (lactones) is 2. The van der Waals surface area contributed by atoms with E-state index in [-0.39, 0.29) is 165 Å². The van der Waals surface area contributed by atoms with Crippen molar-refractivity contribution in [1.29, 1.82) is 0 Å². The molecule has 4 heterocycles. The van der Waals surface area contributed by atoms with Gasteiger partial charge in [0, 0.05) is 48.7 Å². The minimum absolute atomic E-state index is 0. The van der Waals surface area contributed by atoms with E-state index < -0.39 is 103 Å². The minimum Gasteiger partial charge on any atom is -0.870 e. The number of aliphatic carboxylic acids is 3. The third kappa shape index (κ3) is 53.3. The van der Waals surface area contributed by atoms with Gasteiger partial charge in [0.15, 0.2) is 12.6 Å². The van der Waals surface area contributed by atoms with Crippen molar-refractivity contribution in [2.24, 2.45) is 47.2 Å². The number of nitrogens with zero attached hydrogens (tertiary/aromatic N) is 1. The summed E-state index contributed by atoms with van der Waals surface area (Å²) in [6.07, 6.45) is 10.0. The van der Waals surface area contributed by atoms with Crippen molar-refractivity contribution in [2.45, 2.75) is 355 Å². The monoisotopic (exact) mass is 2000 g/mol. The molecule has 0 spiro atoms. The SMILES string of the molecule is CC(NC1C(=O)O[C@@H](C)[C@@H]1C)N[C@@H](C=O)Cc1ccccc1.CC(N[C@@H](C=O)Cc1ccccc1)N[C@@H](C(=O)O)[C@@H](C)[C@H](C)O.CC(N[C@@H](C=O)Cc1ccccc1)N[C@@H](C(=O)[O-])[C@@H](C)[C@H](C)O.CC(N[C@@H](C=O)Cc1ccccc1)N[C@H]1C(=O)O[C@@H](C)[C@@H]1C.C[C@@H]([C@H](C)O)[C@H](N)C(=O)O.C[C@H](C=O)[C@H](C)OC1CCCCO1.[C-]#[N+]C(NC(C)N[C@@H](C=O)Cc1ccccc1)[C@@H](C)[C@H](C)OC1CCCCO1.[Li+].[Li+].[OH-]. The Morgan fingerprint density at radius 3 is 0.938 bits per heavy atom. The second-order valence-electron chi connectivity index (χ2n) is 37.4. The van der Waals surface area contributed by atoms with E-state index in [0.717, 1.165) is 117 Å². The van der Waals surface area contributed by atoms with E-state index in [0.29, 0.717) is 32.1 Å². The predicted octanol–water partition coefficient (Wildman–Crippen LogP) is 0.927. The number of aldehydes is 6. The van der Waals surface area contributed by atoms with Crippen molar-refractivity contribution in [3.8, 4) is 0 Å². The Hall–Kier alpha value is -8.61. The largest absolute Gasteiger partial charge is 1.00 e. The number of carbonyl (C=O) groups excluding carboxylic acids is 9. The molecule has 4 aliphatic heterocycles. The number of ether oxygens (including phenoxy) is 6. The van der Waals surface area contributed by atoms with Gasteiger partial charge in [0.05, 0.1) is 109 Å². The van der Waals surface area contributed by atoms with Crippen LogP contribution in [0.4, 0.5) is 0 Å². The average molecular weight is 2000 g/mol. The number of hydrogen-bond acceptors (Lipinski definition) is 33. The quantitative estimate of drug-likeness (QED) is 0.00846. The van der Waals surface area contributed by atoms with Gasteiger partial charge in [0.25, 0.3) is 6.17 Å². The van der Waals surface area contributed by atoms with Crippen LogP contribution in [-0.4, -0.2) is 265 Å². The molecule has 0 radical (unpaired) electrons. The molecule has 0 saturated carbocycles. The summed E-state index contributed by atoms with van der Waals surface area (Å²) in [6, 6.07) is 43.4. The summed E-state index contributed by atoms with van der Waals surface area (Å²) in [4.78, 5) is 127. The molecule has 9 rings (SSSR count). The summed E-state index contributed by atoms with van der Waals surface area (Å²) in [5.41, 5.74) is 10.5. The fourth-order valence-corrected chi connectivity index (χ4v) is 15.4. The number of carbonyl (C=O) groups is 11. The Balaban J connectivity index is 0.00000168. The van der Waals surface area contributed by atoms with Gasteiger partial charge in [-0.2, -0.15) is 0 Å². The van der Waals surface area contributed by atoms with Crippen LogP contribution in [0, 0.1) is 48.0 Å². The maximum absolute atomic E-state index is 11.8. The van der Waals surface area contributed by atoms with Crippen LogP contribution in [0.25, 0.3) is 4.85 Å². The number of carboxylic acids is 3. The second kappa shape index (κ2) is 75.1. The molecule has 0 aromatic heterocycles. The van der Waals surface area contributed by atoms with Gasteiger partial charge >= 0.3 is 61.6 Å². The van der Waals surface area contributed by atoms with E-state index in [9.17, 15) is 73.2 Å². The van der Waals surface area contributed by atoms with Crippen LogP contribution in [-0.2, 0) is 113 Å². The number of aliphatic hydroxyl groups excluding tert-OH is 3. The molecule has 4 aliphatic rings. The van der Waals surface area contributed by atoms with Gasteiger partial charge in [0.1, 0.15) is 74.1 Å². The van der Waals surface area contributed by atoms with E-state index in [1.807, 2.05) is 228 Å². The number of nitrogens with two attached hydrogens (primary N) is 1. The van der Waals surface area contributed by atoms with E-state index in [4.69, 9.17) is 50.9 Å². The summed E-state index contributed by atoms with van der Waals surface area (Å²) in [7, 11) is 0. The molecule has 32 atom stereocenters. The second-order valence-corrected chi connectivity index (χ2v) is 37.4. The number of hydrogen-bond donors (Lipinski definition) is 16. The van der Waals surface area contributed by atoms with Crippen LogP contribution in [0.3, 0.4) is 0 Å². The predicted molar refractivity (Wildman–Crippen MR) is 539 cm³/mol. The zero-order chi connectivity index (χ0) is 105. The van der Waals surface area contributed by atoms with E-state index in [1.165, 1.54) is 13.8 Å². The van der Waals surface area contributed by atoms with Crippen LogP contribution < -0.4 is 102 Å². The molecule has 5 aromatic rings. The number of nitrogens with one attached hydrogen (secondary N) is 10. The molecule has 36 nitrogen and oxygen atoms in total. The van der Waals surface area contributed by atoms with Crippen molar-refractivity contribution >= 4 is 67.6 Å². The van der Waals surface area contributed by atoms with Crippen LogP contribution in [0.15, 0.2) is 152 Å². The molecule has 5 aromatic carbocycles. The third-order valence-electron chi connectivity index (χ3n) is 25.5. The molecule has 144 heavy (non-hydrogen) atoms. The fraction of sp³-hybridized carbons (Fsp3) is 0.604. The molecular weight excluding hydrogens is 1840 g/mol.